The fourth-order valence-electron chi connectivity index (χ4n) is 7.00. The zero-order chi connectivity index (χ0) is 38.1. The number of nitrogens with one attached hydrogen (secondary N) is 1. The van der Waals surface area contributed by atoms with Gasteiger partial charge in [0.1, 0.15) is 17.0 Å². The third kappa shape index (κ3) is 9.17. The highest BCUT2D eigenvalue weighted by Crippen LogP contribution is 2.35. The molecule has 2 aliphatic heterocycles. The first-order valence-electron chi connectivity index (χ1n) is 18.6. The van der Waals surface area contributed by atoms with Gasteiger partial charge in [0.2, 0.25) is 0 Å². The van der Waals surface area contributed by atoms with Gasteiger partial charge in [-0.05, 0) is 93.1 Å². The van der Waals surface area contributed by atoms with Crippen LogP contribution in [0.2, 0.25) is 0 Å². The fourth-order valence-corrected chi connectivity index (χ4v) is 7.00. The number of benzene rings is 1. The van der Waals surface area contributed by atoms with Gasteiger partial charge in [-0.1, -0.05) is 6.07 Å². The van der Waals surface area contributed by atoms with Crippen LogP contribution in [0.25, 0.3) is 21.8 Å². The Morgan fingerprint density at radius 3 is 2.25 bits per heavy atom. The van der Waals surface area contributed by atoms with Gasteiger partial charge in [-0.2, -0.15) is 5.10 Å². The summed E-state index contributed by atoms with van der Waals surface area (Å²) < 4.78 is 20.8. The molecule has 0 spiro atoms. The van der Waals surface area contributed by atoms with Crippen LogP contribution >= 0.6 is 0 Å². The van der Waals surface area contributed by atoms with Gasteiger partial charge in [0, 0.05) is 67.0 Å². The van der Waals surface area contributed by atoms with E-state index < -0.39 is 17.3 Å². The molecule has 53 heavy (non-hydrogen) atoms. The van der Waals surface area contributed by atoms with Crippen LogP contribution in [0.1, 0.15) is 82.2 Å². The van der Waals surface area contributed by atoms with Crippen molar-refractivity contribution >= 4 is 45.7 Å². The van der Waals surface area contributed by atoms with Crippen molar-refractivity contribution in [1.82, 2.24) is 34.0 Å². The second-order valence-electron chi connectivity index (χ2n) is 16.1. The van der Waals surface area contributed by atoms with Crippen molar-refractivity contribution in [2.45, 2.75) is 85.1 Å². The summed E-state index contributed by atoms with van der Waals surface area (Å²) in [6, 6.07) is 9.35. The lowest BCUT2D eigenvalue weighted by molar-refractivity contribution is 0.0113. The average Bonchev–Trinajstić information content (AvgIpc) is 3.77. The molecule has 286 valence electrons. The van der Waals surface area contributed by atoms with E-state index in [0.29, 0.717) is 49.7 Å². The van der Waals surface area contributed by atoms with E-state index in [1.54, 1.807) is 27.8 Å². The van der Waals surface area contributed by atoms with E-state index in [1.807, 2.05) is 71.3 Å². The largest absolute Gasteiger partial charge is 0.444 e. The number of carbonyl (C=O) groups is 3. The smallest absolute Gasteiger partial charge is 0.419 e. The molecule has 14 heteroatoms. The Kier molecular flexibility index (Phi) is 11.1. The number of piperazine rings is 1. The fraction of sp³-hybridized carbons (Fsp3) is 0.564. The van der Waals surface area contributed by atoms with Gasteiger partial charge in [0.15, 0.2) is 0 Å². The number of hydrogen-bond donors (Lipinski definition) is 1. The molecule has 0 saturated carbocycles. The minimum atomic E-state index is -0.672. The molecule has 1 aromatic carbocycles. The lowest BCUT2D eigenvalue weighted by atomic mass is 10.1. The van der Waals surface area contributed by atoms with E-state index in [-0.39, 0.29) is 18.0 Å². The Hall–Kier alpha value is -4.53. The highest BCUT2D eigenvalue weighted by molar-refractivity contribution is 6.06. The van der Waals surface area contributed by atoms with E-state index in [9.17, 15) is 14.4 Å². The van der Waals surface area contributed by atoms with Crippen LogP contribution in [0.3, 0.4) is 0 Å². The topological polar surface area (TPSA) is 136 Å². The molecule has 0 unspecified atom stereocenters. The first-order chi connectivity index (χ1) is 25.1. The number of aromatic nitrogens is 4. The number of hydrogen-bond acceptors (Lipinski definition) is 10. The van der Waals surface area contributed by atoms with Crippen molar-refractivity contribution < 1.29 is 28.6 Å². The number of aryl methyl sites for hydroxylation is 1. The van der Waals surface area contributed by atoms with E-state index in [2.05, 4.69) is 27.1 Å². The van der Waals surface area contributed by atoms with Crippen LogP contribution in [0.15, 0.2) is 36.5 Å². The van der Waals surface area contributed by atoms with Crippen molar-refractivity contribution in [1.29, 1.82) is 0 Å². The Labute approximate surface area is 311 Å². The molecular formula is C39H54N8O6. The van der Waals surface area contributed by atoms with Gasteiger partial charge >= 0.3 is 12.2 Å². The summed E-state index contributed by atoms with van der Waals surface area (Å²) in [4.78, 5) is 50.3. The number of rotatable bonds is 9. The number of likely N-dealkylation sites (tertiary alicyclic amines) is 1. The maximum absolute atomic E-state index is 13.6. The van der Waals surface area contributed by atoms with Gasteiger partial charge in [-0.15, -0.1) is 0 Å². The van der Waals surface area contributed by atoms with Crippen LogP contribution in [0.4, 0.5) is 15.4 Å². The molecule has 1 atom stereocenters. The minimum absolute atomic E-state index is 0.0757. The van der Waals surface area contributed by atoms with Gasteiger partial charge < -0.3 is 24.4 Å². The molecule has 4 aromatic rings. The number of fused-ring (bicyclic) bond motifs is 2. The molecule has 0 aliphatic carbocycles. The van der Waals surface area contributed by atoms with E-state index in [0.717, 1.165) is 66.7 Å². The predicted molar refractivity (Wildman–Crippen MR) is 203 cm³/mol. The second kappa shape index (κ2) is 15.4. The van der Waals surface area contributed by atoms with Crippen LogP contribution in [0, 0.1) is 6.92 Å². The number of carbonyl (C=O) groups excluding carboxylic acids is 3. The number of nitrogens with zero attached hydrogens (tertiary/aromatic N) is 7. The maximum atomic E-state index is 13.6. The monoisotopic (exact) mass is 730 g/mol. The molecule has 1 N–H and O–H groups in total. The van der Waals surface area contributed by atoms with Gasteiger partial charge in [-0.25, -0.2) is 19.1 Å². The van der Waals surface area contributed by atoms with Crippen LogP contribution in [-0.2, 0) is 20.8 Å². The number of amides is 2. The Morgan fingerprint density at radius 2 is 1.57 bits per heavy atom. The zero-order valence-electron chi connectivity index (χ0n) is 32.4. The summed E-state index contributed by atoms with van der Waals surface area (Å²) in [5.74, 6) is 0.0134. The molecule has 0 radical (unpaired) electrons. The predicted octanol–water partition coefficient (Wildman–Crippen LogP) is 6.07. The third-order valence-corrected chi connectivity index (χ3v) is 9.62. The van der Waals surface area contributed by atoms with Crippen LogP contribution in [-0.4, -0.2) is 123 Å². The van der Waals surface area contributed by atoms with E-state index in [4.69, 9.17) is 19.3 Å². The Balaban J connectivity index is 1.09. The lowest BCUT2D eigenvalue weighted by Crippen LogP contribution is -2.50. The van der Waals surface area contributed by atoms with Gasteiger partial charge in [0.05, 0.1) is 42.5 Å². The van der Waals surface area contributed by atoms with Crippen molar-refractivity contribution in [2.75, 3.05) is 64.8 Å². The third-order valence-electron chi connectivity index (χ3n) is 9.62. The standard InChI is InChI=1S/C39H54N8O6/c1-26-29-12-11-27(22-32(29)46(42-26)19-21-51-20-18-44-14-16-45(17-15-44)36(49)52-38(2,3)4)35(48)41-34-24-31-28(25-40-34)23-33(30-10-9-13-43(30)8)47(31)37(50)53-39(5,6)7/h11-12,22-25,30H,9-10,13-21H2,1-8H3,(H,40,41,48)/t30-/m1/s1. The quantitative estimate of drug-likeness (QED) is 0.202. The number of ether oxygens (including phenoxy) is 3. The summed E-state index contributed by atoms with van der Waals surface area (Å²) in [6.45, 7) is 19.2. The van der Waals surface area contributed by atoms with Crippen LogP contribution in [0.5, 0.6) is 0 Å². The van der Waals surface area contributed by atoms with Gasteiger partial charge in [-0.3, -0.25) is 19.3 Å². The highest BCUT2D eigenvalue weighted by Gasteiger charge is 2.31. The molecule has 5 heterocycles. The first kappa shape index (κ1) is 38.2. The molecule has 0 bridgehead atoms. The van der Waals surface area contributed by atoms with Crippen molar-refractivity contribution in [3.63, 3.8) is 0 Å². The zero-order valence-corrected chi connectivity index (χ0v) is 32.4. The van der Waals surface area contributed by atoms with Gasteiger partial charge in [0.25, 0.3) is 5.91 Å². The molecular weight excluding hydrogens is 676 g/mol. The normalized spacial score (nSPS) is 17.5. The summed E-state index contributed by atoms with van der Waals surface area (Å²) in [5.41, 5.74) is 2.48. The van der Waals surface area contributed by atoms with Crippen molar-refractivity contribution in [3.05, 3.63) is 53.5 Å². The first-order valence-corrected chi connectivity index (χ1v) is 18.6. The number of anilines is 1. The number of pyridine rings is 1. The summed E-state index contributed by atoms with van der Waals surface area (Å²) >= 11 is 0. The molecule has 2 fully saturated rings. The SMILES string of the molecule is Cc1nn(CCOCCN2CCN(C(=O)OC(C)(C)C)CC2)c2cc(C(=O)Nc3cc4c(cn3)cc([C@H]3CCCN3C)n4C(=O)OC(C)(C)C)ccc12. The minimum Gasteiger partial charge on any atom is -0.444 e. The summed E-state index contributed by atoms with van der Waals surface area (Å²) in [5, 5.41) is 9.42. The Morgan fingerprint density at radius 1 is 0.868 bits per heavy atom. The molecule has 3 aromatic heterocycles. The molecule has 2 aliphatic rings. The summed E-state index contributed by atoms with van der Waals surface area (Å²) in [7, 11) is 2.07. The van der Waals surface area contributed by atoms with E-state index >= 15 is 0 Å². The maximum Gasteiger partial charge on any atom is 0.419 e. The second-order valence-corrected chi connectivity index (χ2v) is 16.1. The lowest BCUT2D eigenvalue weighted by Gasteiger charge is -2.35. The average molecular weight is 731 g/mol. The van der Waals surface area contributed by atoms with Crippen molar-refractivity contribution in [2.24, 2.45) is 0 Å². The van der Waals surface area contributed by atoms with E-state index in [1.165, 1.54) is 0 Å². The van der Waals surface area contributed by atoms with Crippen LogP contribution < -0.4 is 5.32 Å². The molecule has 6 rings (SSSR count). The summed E-state index contributed by atoms with van der Waals surface area (Å²) in [6.07, 6.45) is 2.96. The molecule has 2 amide bonds. The Bertz CT molecular complexity index is 1960. The molecule has 2 saturated heterocycles. The highest BCUT2D eigenvalue weighted by atomic mass is 16.6. The molecule has 14 nitrogen and oxygen atoms in total. The van der Waals surface area contributed by atoms with Crippen molar-refractivity contribution in [3.8, 4) is 0 Å².